The Morgan fingerprint density at radius 1 is 1.33 bits per heavy atom. The van der Waals surface area contributed by atoms with E-state index in [-0.39, 0.29) is 18.6 Å². The molecular formula is C20H27N3O3S. The standard InChI is InChI=1S/C20H27N3O3S/c1-10-6-5-7-14(13(10)4)23-15(24)9-26-20(25)18-17(21)16-11(2)8-12(3)22-19(16)27-18/h8,10,13-14H,5-7,9,21H2,1-4H3,(H,23,24). The SMILES string of the molecule is Cc1cc(C)c2c(N)c(C(=O)OCC(=O)NC3CCCC(C)C3C)sc2n1. The Balaban J connectivity index is 1.64. The first-order chi connectivity index (χ1) is 12.8. The van der Waals surface area contributed by atoms with Gasteiger partial charge in [-0.25, -0.2) is 9.78 Å². The number of carbonyl (C=O) groups is 2. The summed E-state index contributed by atoms with van der Waals surface area (Å²) in [4.78, 5) is 30.1. The molecule has 3 N–H and O–H groups in total. The molecule has 1 aliphatic rings. The largest absolute Gasteiger partial charge is 0.451 e. The van der Waals surface area contributed by atoms with Crippen LogP contribution >= 0.6 is 11.3 Å². The zero-order valence-electron chi connectivity index (χ0n) is 16.3. The third-order valence-corrected chi connectivity index (χ3v) is 6.68. The molecule has 3 rings (SSSR count). The monoisotopic (exact) mass is 389 g/mol. The lowest BCUT2D eigenvalue weighted by Crippen LogP contribution is -2.45. The van der Waals surface area contributed by atoms with E-state index in [2.05, 4.69) is 24.1 Å². The van der Waals surface area contributed by atoms with Gasteiger partial charge in [0.2, 0.25) is 0 Å². The van der Waals surface area contributed by atoms with Gasteiger partial charge in [-0.1, -0.05) is 26.7 Å². The first-order valence-corrected chi connectivity index (χ1v) is 10.2. The van der Waals surface area contributed by atoms with Crippen molar-refractivity contribution in [3.8, 4) is 0 Å². The molecule has 1 saturated carbocycles. The van der Waals surface area contributed by atoms with Gasteiger partial charge in [0.15, 0.2) is 6.61 Å². The summed E-state index contributed by atoms with van der Waals surface area (Å²) in [5.41, 5.74) is 8.37. The van der Waals surface area contributed by atoms with Crippen LogP contribution in [0, 0.1) is 25.7 Å². The number of pyridine rings is 1. The maximum absolute atomic E-state index is 12.4. The summed E-state index contributed by atoms with van der Waals surface area (Å²) in [6.45, 7) is 7.92. The Morgan fingerprint density at radius 3 is 2.81 bits per heavy atom. The van der Waals surface area contributed by atoms with Gasteiger partial charge in [-0.15, -0.1) is 11.3 Å². The Hall–Kier alpha value is -2.15. The van der Waals surface area contributed by atoms with Gasteiger partial charge < -0.3 is 15.8 Å². The fourth-order valence-corrected chi connectivity index (χ4v) is 4.96. The molecule has 27 heavy (non-hydrogen) atoms. The van der Waals surface area contributed by atoms with Crippen LogP contribution in [0.1, 0.15) is 54.0 Å². The van der Waals surface area contributed by atoms with Gasteiger partial charge >= 0.3 is 5.97 Å². The third-order valence-electron chi connectivity index (χ3n) is 5.60. The van der Waals surface area contributed by atoms with Crippen molar-refractivity contribution in [2.75, 3.05) is 12.3 Å². The van der Waals surface area contributed by atoms with Gasteiger partial charge in [0.25, 0.3) is 5.91 Å². The normalized spacial score (nSPS) is 22.6. The van der Waals surface area contributed by atoms with Crippen molar-refractivity contribution in [2.45, 2.75) is 53.0 Å². The zero-order chi connectivity index (χ0) is 19.7. The van der Waals surface area contributed by atoms with Gasteiger partial charge in [0, 0.05) is 17.1 Å². The van der Waals surface area contributed by atoms with Crippen LogP contribution in [-0.4, -0.2) is 29.5 Å². The van der Waals surface area contributed by atoms with Crippen LogP contribution in [0.25, 0.3) is 10.2 Å². The topological polar surface area (TPSA) is 94.3 Å². The van der Waals surface area contributed by atoms with Crippen molar-refractivity contribution in [3.05, 3.63) is 22.2 Å². The van der Waals surface area contributed by atoms with Crippen LogP contribution in [0.5, 0.6) is 0 Å². The highest BCUT2D eigenvalue weighted by Gasteiger charge is 2.28. The fourth-order valence-electron chi connectivity index (χ4n) is 3.85. The number of hydrogen-bond acceptors (Lipinski definition) is 6. The molecule has 6 nitrogen and oxygen atoms in total. The number of aryl methyl sites for hydroxylation is 2. The number of ether oxygens (including phenoxy) is 1. The lowest BCUT2D eigenvalue weighted by Gasteiger charge is -2.34. The van der Waals surface area contributed by atoms with Crippen LogP contribution in [0.2, 0.25) is 0 Å². The van der Waals surface area contributed by atoms with Crippen molar-refractivity contribution in [1.29, 1.82) is 0 Å². The molecular weight excluding hydrogens is 362 g/mol. The predicted molar refractivity (Wildman–Crippen MR) is 108 cm³/mol. The molecule has 0 spiro atoms. The van der Waals surface area contributed by atoms with E-state index in [0.717, 1.165) is 29.5 Å². The van der Waals surface area contributed by atoms with E-state index in [0.29, 0.717) is 27.2 Å². The molecule has 1 fully saturated rings. The lowest BCUT2D eigenvalue weighted by atomic mass is 9.78. The minimum atomic E-state index is -0.576. The average molecular weight is 390 g/mol. The molecule has 2 aromatic rings. The number of nitrogen functional groups attached to an aromatic ring is 1. The van der Waals surface area contributed by atoms with Crippen molar-refractivity contribution >= 4 is 39.1 Å². The van der Waals surface area contributed by atoms with Crippen LogP contribution < -0.4 is 11.1 Å². The molecule has 0 aliphatic heterocycles. The molecule has 0 bridgehead atoms. The number of rotatable bonds is 4. The number of fused-ring (bicyclic) bond motifs is 1. The van der Waals surface area contributed by atoms with Crippen LogP contribution in [0.15, 0.2) is 6.07 Å². The number of carbonyl (C=O) groups excluding carboxylic acids is 2. The summed E-state index contributed by atoms with van der Waals surface area (Å²) < 4.78 is 5.23. The number of esters is 1. The summed E-state index contributed by atoms with van der Waals surface area (Å²) in [5.74, 6) is 0.171. The molecule has 146 valence electrons. The number of amides is 1. The smallest absolute Gasteiger partial charge is 0.351 e. The highest BCUT2D eigenvalue weighted by molar-refractivity contribution is 7.21. The van der Waals surface area contributed by atoms with Crippen molar-refractivity contribution < 1.29 is 14.3 Å². The Kier molecular flexibility index (Phi) is 5.69. The molecule has 2 heterocycles. The number of nitrogens with one attached hydrogen (secondary N) is 1. The summed E-state index contributed by atoms with van der Waals surface area (Å²) >= 11 is 1.21. The lowest BCUT2D eigenvalue weighted by molar-refractivity contribution is -0.125. The van der Waals surface area contributed by atoms with Crippen molar-refractivity contribution in [2.24, 2.45) is 11.8 Å². The summed E-state index contributed by atoms with van der Waals surface area (Å²) in [7, 11) is 0. The summed E-state index contributed by atoms with van der Waals surface area (Å²) in [6, 6.07) is 2.07. The highest BCUT2D eigenvalue weighted by Crippen LogP contribution is 2.35. The summed E-state index contributed by atoms with van der Waals surface area (Å²) in [5, 5.41) is 3.79. The van der Waals surface area contributed by atoms with Crippen molar-refractivity contribution in [3.63, 3.8) is 0 Å². The number of nitrogens with two attached hydrogens (primary N) is 1. The Labute approximate surface area is 163 Å². The maximum atomic E-state index is 12.4. The number of anilines is 1. The third kappa shape index (κ3) is 4.08. The molecule has 1 aliphatic carbocycles. The predicted octanol–water partition coefficient (Wildman–Crippen LogP) is 3.59. The second-order valence-electron chi connectivity index (χ2n) is 7.62. The number of thiophene rings is 1. The molecule has 0 aromatic carbocycles. The number of hydrogen-bond donors (Lipinski definition) is 2. The first-order valence-electron chi connectivity index (χ1n) is 9.40. The van der Waals surface area contributed by atoms with Gasteiger partial charge in [0.05, 0.1) is 5.69 Å². The van der Waals surface area contributed by atoms with E-state index >= 15 is 0 Å². The second-order valence-corrected chi connectivity index (χ2v) is 8.62. The van der Waals surface area contributed by atoms with E-state index in [9.17, 15) is 9.59 Å². The van der Waals surface area contributed by atoms with Crippen LogP contribution in [-0.2, 0) is 9.53 Å². The van der Waals surface area contributed by atoms with E-state index in [1.165, 1.54) is 17.8 Å². The van der Waals surface area contributed by atoms with Gasteiger partial charge in [0.1, 0.15) is 9.71 Å². The van der Waals surface area contributed by atoms with Gasteiger partial charge in [-0.2, -0.15) is 0 Å². The molecule has 1 amide bonds. The molecule has 0 saturated heterocycles. The zero-order valence-corrected chi connectivity index (χ0v) is 17.1. The Morgan fingerprint density at radius 2 is 2.07 bits per heavy atom. The van der Waals surface area contributed by atoms with Gasteiger partial charge in [-0.3, -0.25) is 4.79 Å². The Bertz CT molecular complexity index is 877. The molecule has 3 atom stereocenters. The quantitative estimate of drug-likeness (QED) is 0.779. The summed E-state index contributed by atoms with van der Waals surface area (Å²) in [6.07, 6.45) is 3.28. The first kappa shape index (κ1) is 19.6. The van der Waals surface area contributed by atoms with E-state index in [1.54, 1.807) is 0 Å². The molecule has 7 heteroatoms. The minimum Gasteiger partial charge on any atom is -0.451 e. The highest BCUT2D eigenvalue weighted by atomic mass is 32.1. The van der Waals surface area contributed by atoms with E-state index in [4.69, 9.17) is 10.5 Å². The average Bonchev–Trinajstić information content (AvgIpc) is 2.93. The second kappa shape index (κ2) is 7.84. The molecule has 3 unspecified atom stereocenters. The van der Waals surface area contributed by atoms with Crippen LogP contribution in [0.3, 0.4) is 0 Å². The maximum Gasteiger partial charge on any atom is 0.351 e. The molecule has 2 aromatic heterocycles. The van der Waals surface area contributed by atoms with Crippen LogP contribution in [0.4, 0.5) is 5.69 Å². The number of nitrogens with zero attached hydrogens (tertiary/aromatic N) is 1. The fraction of sp³-hybridized carbons (Fsp3) is 0.550. The molecule has 0 radical (unpaired) electrons. The number of aromatic nitrogens is 1. The minimum absolute atomic E-state index is 0.143. The van der Waals surface area contributed by atoms with E-state index < -0.39 is 5.97 Å². The van der Waals surface area contributed by atoms with Crippen molar-refractivity contribution in [1.82, 2.24) is 10.3 Å². The van der Waals surface area contributed by atoms with Gasteiger partial charge in [-0.05, 0) is 43.7 Å². The van der Waals surface area contributed by atoms with E-state index in [1.807, 2.05) is 19.9 Å².